The third-order valence-corrected chi connectivity index (χ3v) is 3.73. The van der Waals surface area contributed by atoms with Crippen LogP contribution in [0.15, 0.2) is 22.7 Å². The van der Waals surface area contributed by atoms with Gasteiger partial charge in [-0.1, -0.05) is 6.07 Å². The van der Waals surface area contributed by atoms with Crippen molar-refractivity contribution in [2.75, 3.05) is 13.1 Å². The minimum absolute atomic E-state index is 0.160. The average Bonchev–Trinajstić information content (AvgIpc) is 2.34. The highest BCUT2D eigenvalue weighted by Crippen LogP contribution is 2.20. The number of benzene rings is 1. The highest BCUT2D eigenvalue weighted by Gasteiger charge is 2.19. The molecule has 1 atom stereocenters. The molecule has 0 aromatic heterocycles. The zero-order valence-corrected chi connectivity index (χ0v) is 11.1. The van der Waals surface area contributed by atoms with Gasteiger partial charge in [0.15, 0.2) is 0 Å². The van der Waals surface area contributed by atoms with Crippen LogP contribution in [0.2, 0.25) is 0 Å². The molecule has 0 saturated carbocycles. The summed E-state index contributed by atoms with van der Waals surface area (Å²) in [6.45, 7) is 2.61. The Labute approximate surface area is 109 Å². The smallest absolute Gasteiger partial charge is 0.137 e. The molecule has 1 unspecified atom stereocenters. The summed E-state index contributed by atoms with van der Waals surface area (Å²) in [5, 5.41) is 0. The topological polar surface area (TPSA) is 20.3 Å². The maximum Gasteiger partial charge on any atom is 0.137 e. The van der Waals surface area contributed by atoms with Crippen molar-refractivity contribution in [3.8, 4) is 0 Å². The Bertz CT molecular complexity index is 410. The number of nitrogens with zero attached hydrogens (tertiary/aromatic N) is 1. The molecule has 1 heterocycles. The Hall–Kier alpha value is -0.740. The van der Waals surface area contributed by atoms with Crippen LogP contribution >= 0.6 is 15.9 Å². The van der Waals surface area contributed by atoms with E-state index in [1.54, 1.807) is 12.1 Å². The third kappa shape index (κ3) is 3.36. The normalized spacial score (nSPS) is 21.4. The first-order valence-corrected chi connectivity index (χ1v) is 6.60. The lowest BCUT2D eigenvalue weighted by Gasteiger charge is -2.30. The molecule has 0 amide bonds. The van der Waals surface area contributed by atoms with Gasteiger partial charge in [-0.2, -0.15) is 0 Å². The minimum atomic E-state index is -0.238. The second kappa shape index (κ2) is 5.74. The van der Waals surface area contributed by atoms with Gasteiger partial charge in [-0.05, 0) is 53.0 Å². The lowest BCUT2D eigenvalue weighted by atomic mass is 9.99. The Morgan fingerprint density at radius 3 is 3.06 bits per heavy atom. The van der Waals surface area contributed by atoms with Crippen molar-refractivity contribution in [1.82, 2.24) is 4.90 Å². The van der Waals surface area contributed by atoms with Gasteiger partial charge in [0.25, 0.3) is 0 Å². The Balaban J connectivity index is 2.00. The van der Waals surface area contributed by atoms with E-state index in [2.05, 4.69) is 20.8 Å². The zero-order valence-electron chi connectivity index (χ0n) is 9.53. The Kier molecular flexibility index (Phi) is 4.29. The van der Waals surface area contributed by atoms with Crippen molar-refractivity contribution in [2.24, 2.45) is 5.92 Å². The second-order valence-electron chi connectivity index (χ2n) is 4.52. The molecule has 2 rings (SSSR count). The van der Waals surface area contributed by atoms with Crippen molar-refractivity contribution in [3.63, 3.8) is 0 Å². The van der Waals surface area contributed by atoms with Crippen LogP contribution in [0.4, 0.5) is 4.39 Å². The molecular weight excluding hydrogens is 285 g/mol. The molecular formula is C13H15BrFNO. The van der Waals surface area contributed by atoms with E-state index in [-0.39, 0.29) is 11.7 Å². The van der Waals surface area contributed by atoms with Crippen LogP contribution in [0, 0.1) is 11.7 Å². The van der Waals surface area contributed by atoms with Crippen LogP contribution in [0.1, 0.15) is 18.4 Å². The van der Waals surface area contributed by atoms with Crippen LogP contribution in [-0.4, -0.2) is 24.3 Å². The molecule has 92 valence electrons. The fraction of sp³-hybridized carbons (Fsp3) is 0.462. The first-order valence-electron chi connectivity index (χ1n) is 5.80. The van der Waals surface area contributed by atoms with Gasteiger partial charge in [-0.15, -0.1) is 0 Å². The van der Waals surface area contributed by atoms with E-state index in [0.717, 1.165) is 44.3 Å². The molecule has 1 aromatic carbocycles. The Morgan fingerprint density at radius 2 is 2.35 bits per heavy atom. The first kappa shape index (κ1) is 12.7. The molecule has 1 saturated heterocycles. The van der Waals surface area contributed by atoms with Crippen molar-refractivity contribution in [2.45, 2.75) is 19.4 Å². The largest absolute Gasteiger partial charge is 0.303 e. The summed E-state index contributed by atoms with van der Waals surface area (Å²) in [4.78, 5) is 13.0. The van der Waals surface area contributed by atoms with Crippen molar-refractivity contribution in [3.05, 3.63) is 34.1 Å². The van der Waals surface area contributed by atoms with Gasteiger partial charge in [0.05, 0.1) is 4.47 Å². The highest BCUT2D eigenvalue weighted by molar-refractivity contribution is 9.10. The second-order valence-corrected chi connectivity index (χ2v) is 5.38. The molecule has 0 N–H and O–H groups in total. The van der Waals surface area contributed by atoms with E-state index < -0.39 is 0 Å². The quantitative estimate of drug-likeness (QED) is 0.800. The van der Waals surface area contributed by atoms with Gasteiger partial charge < -0.3 is 4.79 Å². The van der Waals surface area contributed by atoms with Crippen molar-refractivity contribution in [1.29, 1.82) is 0 Å². The van der Waals surface area contributed by atoms with Gasteiger partial charge in [0, 0.05) is 19.0 Å². The van der Waals surface area contributed by atoms with Gasteiger partial charge in [-0.3, -0.25) is 4.90 Å². The van der Waals surface area contributed by atoms with Crippen LogP contribution in [0.25, 0.3) is 0 Å². The van der Waals surface area contributed by atoms with Crippen molar-refractivity contribution >= 4 is 22.2 Å². The predicted molar refractivity (Wildman–Crippen MR) is 68.2 cm³/mol. The van der Waals surface area contributed by atoms with Crippen molar-refractivity contribution < 1.29 is 9.18 Å². The number of hydrogen-bond acceptors (Lipinski definition) is 2. The maximum absolute atomic E-state index is 13.1. The number of carbonyl (C=O) groups excluding carboxylic acids is 1. The van der Waals surface area contributed by atoms with Gasteiger partial charge >= 0.3 is 0 Å². The fourth-order valence-corrected chi connectivity index (χ4v) is 2.67. The SMILES string of the molecule is O=CC1CCCN(Cc2ccc(F)c(Br)c2)C1. The number of rotatable bonds is 3. The van der Waals surface area contributed by atoms with Gasteiger partial charge in [-0.25, -0.2) is 4.39 Å². The first-order chi connectivity index (χ1) is 8.19. The Morgan fingerprint density at radius 1 is 1.53 bits per heavy atom. The number of carbonyl (C=O) groups is 1. The fourth-order valence-electron chi connectivity index (χ4n) is 2.24. The number of likely N-dealkylation sites (tertiary alicyclic amines) is 1. The molecule has 1 fully saturated rings. The molecule has 0 spiro atoms. The molecule has 1 aliphatic rings. The standard InChI is InChI=1S/C13H15BrFNO/c14-12-6-10(3-4-13(12)15)7-16-5-1-2-11(8-16)9-17/h3-4,6,9,11H,1-2,5,7-8H2. The third-order valence-electron chi connectivity index (χ3n) is 3.12. The van der Waals surface area contributed by atoms with Crippen LogP contribution in [-0.2, 0) is 11.3 Å². The number of aldehydes is 1. The highest BCUT2D eigenvalue weighted by atomic mass is 79.9. The summed E-state index contributed by atoms with van der Waals surface area (Å²) in [6, 6.07) is 5.07. The van der Waals surface area contributed by atoms with Crippen LogP contribution in [0.5, 0.6) is 0 Å². The minimum Gasteiger partial charge on any atom is -0.303 e. The average molecular weight is 300 g/mol. The molecule has 0 aliphatic carbocycles. The van der Waals surface area contributed by atoms with E-state index in [1.165, 1.54) is 6.07 Å². The maximum atomic E-state index is 13.1. The molecule has 1 aliphatic heterocycles. The summed E-state index contributed by atoms with van der Waals surface area (Å²) in [5.41, 5.74) is 1.07. The summed E-state index contributed by atoms with van der Waals surface area (Å²) >= 11 is 3.19. The van der Waals surface area contributed by atoms with E-state index >= 15 is 0 Å². The number of piperidine rings is 1. The number of halogens is 2. The molecule has 17 heavy (non-hydrogen) atoms. The number of hydrogen-bond donors (Lipinski definition) is 0. The van der Waals surface area contributed by atoms with E-state index in [0.29, 0.717) is 4.47 Å². The van der Waals surface area contributed by atoms with E-state index in [9.17, 15) is 9.18 Å². The summed E-state index contributed by atoms with van der Waals surface area (Å²) in [6.07, 6.45) is 3.10. The molecule has 2 nitrogen and oxygen atoms in total. The zero-order chi connectivity index (χ0) is 12.3. The lowest BCUT2D eigenvalue weighted by Crippen LogP contribution is -2.35. The van der Waals surface area contributed by atoms with Crippen LogP contribution < -0.4 is 0 Å². The van der Waals surface area contributed by atoms with E-state index in [1.807, 2.05) is 0 Å². The van der Waals surface area contributed by atoms with E-state index in [4.69, 9.17) is 0 Å². The predicted octanol–water partition coefficient (Wildman–Crippen LogP) is 3.00. The summed E-state index contributed by atoms with van der Waals surface area (Å²) < 4.78 is 13.6. The lowest BCUT2D eigenvalue weighted by molar-refractivity contribution is -0.112. The molecule has 0 bridgehead atoms. The van der Waals surface area contributed by atoms with Gasteiger partial charge in [0.1, 0.15) is 12.1 Å². The molecule has 4 heteroatoms. The van der Waals surface area contributed by atoms with Crippen LogP contribution in [0.3, 0.4) is 0 Å². The monoisotopic (exact) mass is 299 g/mol. The van der Waals surface area contributed by atoms with Gasteiger partial charge in [0.2, 0.25) is 0 Å². The summed E-state index contributed by atoms with van der Waals surface area (Å²) in [7, 11) is 0. The molecule has 1 aromatic rings. The summed E-state index contributed by atoms with van der Waals surface area (Å²) in [5.74, 6) is -0.0780. The molecule has 0 radical (unpaired) electrons.